The molecule has 1 aliphatic carbocycles. The second-order valence-electron chi connectivity index (χ2n) is 8.18. The summed E-state index contributed by atoms with van der Waals surface area (Å²) < 4.78 is 19.2. The quantitative estimate of drug-likeness (QED) is 0.531. The number of ether oxygens (including phenoxy) is 1. The van der Waals surface area contributed by atoms with Crippen molar-refractivity contribution in [3.63, 3.8) is 0 Å². The van der Waals surface area contributed by atoms with Gasteiger partial charge in [0.2, 0.25) is 0 Å². The number of thiazole rings is 1. The Morgan fingerprint density at radius 1 is 1.06 bits per heavy atom. The molecule has 33 heavy (non-hydrogen) atoms. The first-order valence-electron chi connectivity index (χ1n) is 11.0. The molecule has 0 radical (unpaired) electrons. The van der Waals surface area contributed by atoms with Crippen LogP contribution in [0.25, 0.3) is 0 Å². The van der Waals surface area contributed by atoms with E-state index in [4.69, 9.17) is 4.74 Å². The van der Waals surface area contributed by atoms with Crippen molar-refractivity contribution < 1.29 is 18.7 Å². The topological polar surface area (TPSA) is 80.3 Å². The van der Waals surface area contributed by atoms with E-state index in [-0.39, 0.29) is 36.1 Å². The van der Waals surface area contributed by atoms with E-state index in [0.717, 1.165) is 37.0 Å². The first-order valence-corrected chi connectivity index (χ1v) is 11.9. The number of halogens is 1. The number of nitrogens with one attached hydrogen (secondary N) is 2. The monoisotopic (exact) mass is 467 g/mol. The fourth-order valence-electron chi connectivity index (χ4n) is 3.86. The van der Waals surface area contributed by atoms with Gasteiger partial charge in [0.05, 0.1) is 0 Å². The van der Waals surface area contributed by atoms with Crippen molar-refractivity contribution in [2.45, 2.75) is 51.3 Å². The number of carbonyl (C=O) groups is 2. The molecule has 3 aromatic rings. The van der Waals surface area contributed by atoms with Gasteiger partial charge in [-0.25, -0.2) is 9.37 Å². The number of carbonyl (C=O) groups excluding carboxylic acids is 2. The van der Waals surface area contributed by atoms with Crippen LogP contribution < -0.4 is 15.4 Å². The highest BCUT2D eigenvalue weighted by molar-refractivity contribution is 7.09. The molecular weight excluding hydrogens is 441 g/mol. The van der Waals surface area contributed by atoms with E-state index in [1.54, 1.807) is 11.4 Å². The second kappa shape index (κ2) is 10.6. The Balaban J connectivity index is 1.34. The summed E-state index contributed by atoms with van der Waals surface area (Å²) in [5.41, 5.74) is 1.76. The van der Waals surface area contributed by atoms with Gasteiger partial charge < -0.3 is 15.4 Å². The van der Waals surface area contributed by atoms with Gasteiger partial charge in [-0.2, -0.15) is 0 Å². The highest BCUT2D eigenvalue weighted by atomic mass is 32.1. The van der Waals surface area contributed by atoms with E-state index in [1.165, 1.54) is 29.5 Å². The largest absolute Gasteiger partial charge is 0.486 e. The van der Waals surface area contributed by atoms with E-state index in [1.807, 2.05) is 31.2 Å². The number of rotatable bonds is 7. The number of aryl methyl sites for hydroxylation is 1. The predicted octanol–water partition coefficient (Wildman–Crippen LogP) is 4.64. The van der Waals surface area contributed by atoms with Gasteiger partial charge in [-0.05, 0) is 50.1 Å². The molecule has 8 heteroatoms. The molecule has 1 aromatic heterocycles. The van der Waals surface area contributed by atoms with Crippen LogP contribution in [0.4, 0.5) is 4.39 Å². The van der Waals surface area contributed by atoms with E-state index >= 15 is 0 Å². The highest BCUT2D eigenvalue weighted by Gasteiger charge is 2.29. The maximum absolute atomic E-state index is 13.5. The first-order chi connectivity index (χ1) is 16.0. The van der Waals surface area contributed by atoms with E-state index in [2.05, 4.69) is 15.6 Å². The fraction of sp³-hybridized carbons (Fsp3) is 0.320. The van der Waals surface area contributed by atoms with Crippen LogP contribution in [-0.2, 0) is 6.61 Å². The van der Waals surface area contributed by atoms with Crippen LogP contribution in [0, 0.1) is 12.7 Å². The summed E-state index contributed by atoms with van der Waals surface area (Å²) in [6.07, 6.45) is 3.42. The molecule has 6 nitrogen and oxygen atoms in total. The zero-order valence-corrected chi connectivity index (χ0v) is 19.2. The van der Waals surface area contributed by atoms with Crippen molar-refractivity contribution in [1.29, 1.82) is 0 Å². The summed E-state index contributed by atoms with van der Waals surface area (Å²) in [5, 5.41) is 8.40. The molecule has 4 rings (SSSR count). The van der Waals surface area contributed by atoms with Crippen molar-refractivity contribution in [2.24, 2.45) is 0 Å². The number of hydrogen-bond acceptors (Lipinski definition) is 5. The molecule has 2 aromatic carbocycles. The molecule has 2 atom stereocenters. The Morgan fingerprint density at radius 3 is 2.45 bits per heavy atom. The molecule has 172 valence electrons. The minimum absolute atomic E-state index is 0.210. The minimum atomic E-state index is -0.457. The summed E-state index contributed by atoms with van der Waals surface area (Å²) in [6, 6.07) is 12.9. The average molecular weight is 468 g/mol. The molecule has 2 amide bonds. The van der Waals surface area contributed by atoms with Crippen molar-refractivity contribution in [3.05, 3.63) is 81.6 Å². The van der Waals surface area contributed by atoms with Crippen LogP contribution in [0.1, 0.15) is 57.1 Å². The number of nitrogens with zero attached hydrogens (tertiary/aromatic N) is 1. The summed E-state index contributed by atoms with van der Waals surface area (Å²) in [6.45, 7) is 2.30. The van der Waals surface area contributed by atoms with Crippen LogP contribution in [0.3, 0.4) is 0 Å². The molecule has 1 aliphatic rings. The smallest absolute Gasteiger partial charge is 0.271 e. The molecule has 1 heterocycles. The molecule has 0 saturated heterocycles. The Hall–Kier alpha value is -3.26. The van der Waals surface area contributed by atoms with Crippen molar-refractivity contribution in [2.75, 3.05) is 0 Å². The third-order valence-corrected chi connectivity index (χ3v) is 6.48. The van der Waals surface area contributed by atoms with E-state index in [0.29, 0.717) is 10.7 Å². The van der Waals surface area contributed by atoms with Crippen LogP contribution >= 0.6 is 11.3 Å². The van der Waals surface area contributed by atoms with Gasteiger partial charge in [0.15, 0.2) is 0 Å². The Morgan fingerprint density at radius 2 is 1.76 bits per heavy atom. The van der Waals surface area contributed by atoms with Gasteiger partial charge >= 0.3 is 0 Å². The lowest BCUT2D eigenvalue weighted by Crippen LogP contribution is -2.53. The van der Waals surface area contributed by atoms with Gasteiger partial charge in [-0.1, -0.05) is 36.6 Å². The first kappa shape index (κ1) is 22.9. The summed E-state index contributed by atoms with van der Waals surface area (Å²) in [4.78, 5) is 29.8. The van der Waals surface area contributed by atoms with Gasteiger partial charge in [0, 0.05) is 23.0 Å². The van der Waals surface area contributed by atoms with Crippen LogP contribution in [0.15, 0.2) is 53.9 Å². The zero-order valence-electron chi connectivity index (χ0n) is 18.3. The van der Waals surface area contributed by atoms with E-state index < -0.39 is 5.82 Å². The minimum Gasteiger partial charge on any atom is -0.486 e. The normalized spacial score (nSPS) is 17.9. The van der Waals surface area contributed by atoms with Crippen molar-refractivity contribution >= 4 is 23.2 Å². The lowest BCUT2D eigenvalue weighted by atomic mass is 9.90. The molecular formula is C25H26FN3O3S. The number of benzene rings is 2. The van der Waals surface area contributed by atoms with Crippen LogP contribution in [-0.4, -0.2) is 28.9 Å². The Kier molecular flexibility index (Phi) is 7.34. The molecule has 0 aliphatic heterocycles. The average Bonchev–Trinajstić information content (AvgIpc) is 3.29. The summed E-state index contributed by atoms with van der Waals surface area (Å²) >= 11 is 1.37. The SMILES string of the molecule is Cc1ccc(OCc2nc(C(=O)N[C@H]3CCCC[C@@H]3NC(=O)c3cccc(F)c3)cs2)cc1. The molecule has 0 spiro atoms. The molecule has 1 fully saturated rings. The van der Waals surface area contributed by atoms with Gasteiger partial charge in [0.1, 0.15) is 28.9 Å². The maximum Gasteiger partial charge on any atom is 0.271 e. The standard InChI is InChI=1S/C25H26FN3O3S/c1-16-9-11-19(12-10-16)32-14-23-27-22(15-33-23)25(31)29-21-8-3-2-7-20(21)28-24(30)17-5-4-6-18(26)13-17/h4-6,9-13,15,20-21H,2-3,7-8,14H2,1H3,(H,28,30)(H,29,31)/t20-,21-/m0/s1. The van der Waals surface area contributed by atoms with Gasteiger partial charge in [-0.15, -0.1) is 11.3 Å². The summed E-state index contributed by atoms with van der Waals surface area (Å²) in [5.74, 6) is -0.322. The third-order valence-electron chi connectivity index (χ3n) is 5.65. The lowest BCUT2D eigenvalue weighted by Gasteiger charge is -2.32. The number of hydrogen-bond donors (Lipinski definition) is 2. The Bertz CT molecular complexity index is 1120. The molecule has 0 bridgehead atoms. The number of aromatic nitrogens is 1. The third kappa shape index (κ3) is 6.16. The molecule has 0 unspecified atom stereocenters. The zero-order chi connectivity index (χ0) is 23.2. The summed E-state index contributed by atoms with van der Waals surface area (Å²) in [7, 11) is 0. The predicted molar refractivity (Wildman–Crippen MR) is 125 cm³/mol. The van der Waals surface area contributed by atoms with Crippen molar-refractivity contribution in [1.82, 2.24) is 15.6 Å². The van der Waals surface area contributed by atoms with Gasteiger partial charge in [-0.3, -0.25) is 9.59 Å². The molecule has 1 saturated carbocycles. The molecule has 2 N–H and O–H groups in total. The number of amides is 2. The fourth-order valence-corrected chi connectivity index (χ4v) is 4.55. The lowest BCUT2D eigenvalue weighted by molar-refractivity contribution is 0.0860. The van der Waals surface area contributed by atoms with Crippen LogP contribution in [0.2, 0.25) is 0 Å². The maximum atomic E-state index is 13.5. The highest BCUT2D eigenvalue weighted by Crippen LogP contribution is 2.21. The Labute approximate surface area is 196 Å². The van der Waals surface area contributed by atoms with Gasteiger partial charge in [0.25, 0.3) is 11.8 Å². The van der Waals surface area contributed by atoms with Crippen molar-refractivity contribution in [3.8, 4) is 5.75 Å². The van der Waals surface area contributed by atoms with E-state index in [9.17, 15) is 14.0 Å². The second-order valence-corrected chi connectivity index (χ2v) is 9.13. The van der Waals surface area contributed by atoms with Crippen LogP contribution in [0.5, 0.6) is 5.75 Å².